The lowest BCUT2D eigenvalue weighted by atomic mass is 10.00. The van der Waals surface area contributed by atoms with Crippen LogP contribution in [-0.2, 0) is 24.1 Å². The lowest BCUT2D eigenvalue weighted by Crippen LogP contribution is -2.36. The highest BCUT2D eigenvalue weighted by atomic mass is 19.4. The molecule has 168 valence electrons. The fraction of sp³-hybridized carbons (Fsp3) is 0.348. The van der Waals surface area contributed by atoms with E-state index >= 15 is 0 Å². The van der Waals surface area contributed by atoms with Gasteiger partial charge in [-0.25, -0.2) is 4.98 Å². The lowest BCUT2D eigenvalue weighted by Gasteiger charge is -2.27. The summed E-state index contributed by atoms with van der Waals surface area (Å²) in [7, 11) is 0. The van der Waals surface area contributed by atoms with Gasteiger partial charge in [-0.05, 0) is 56.7 Å². The molecule has 0 unspecified atom stereocenters. The van der Waals surface area contributed by atoms with Crippen molar-refractivity contribution in [3.05, 3.63) is 64.5 Å². The largest absolute Gasteiger partial charge is 0.417 e. The minimum Gasteiger partial charge on any atom is -0.383 e. The van der Waals surface area contributed by atoms with E-state index in [4.69, 9.17) is 10.5 Å². The van der Waals surface area contributed by atoms with Gasteiger partial charge in [0, 0.05) is 28.8 Å². The first-order valence-electron chi connectivity index (χ1n) is 10.2. The van der Waals surface area contributed by atoms with Crippen LogP contribution >= 0.6 is 0 Å². The third kappa shape index (κ3) is 4.00. The van der Waals surface area contributed by atoms with E-state index in [2.05, 4.69) is 9.97 Å². The van der Waals surface area contributed by atoms with Crippen molar-refractivity contribution in [3.8, 4) is 0 Å². The molecule has 2 aromatic heterocycles. The van der Waals surface area contributed by atoms with Crippen molar-refractivity contribution in [1.82, 2.24) is 14.9 Å². The van der Waals surface area contributed by atoms with Crippen molar-refractivity contribution in [3.63, 3.8) is 0 Å². The van der Waals surface area contributed by atoms with Crippen LogP contribution in [0, 0.1) is 0 Å². The molecule has 0 saturated heterocycles. The van der Waals surface area contributed by atoms with Crippen molar-refractivity contribution in [2.75, 3.05) is 5.73 Å². The first kappa shape index (κ1) is 22.0. The molecule has 0 fully saturated rings. The minimum atomic E-state index is -4.46. The Morgan fingerprint density at radius 3 is 2.66 bits per heavy atom. The van der Waals surface area contributed by atoms with Crippen LogP contribution < -0.4 is 5.73 Å². The highest BCUT2D eigenvalue weighted by Crippen LogP contribution is 2.38. The maximum absolute atomic E-state index is 13.3. The Morgan fingerprint density at radius 2 is 2.03 bits per heavy atom. The molecular formula is C23H23F3N4O2. The van der Waals surface area contributed by atoms with Crippen LogP contribution in [0.5, 0.6) is 0 Å². The summed E-state index contributed by atoms with van der Waals surface area (Å²) in [6.45, 7) is 6.07. The average Bonchev–Trinajstić information content (AvgIpc) is 3.13. The number of hydrogen-bond donors (Lipinski definition) is 1. The number of nitrogens with two attached hydrogens (primary N) is 1. The number of benzene rings is 1. The molecule has 3 aromatic rings. The molecule has 32 heavy (non-hydrogen) atoms. The first-order valence-corrected chi connectivity index (χ1v) is 10.2. The number of halogens is 3. The van der Waals surface area contributed by atoms with E-state index in [1.54, 1.807) is 23.1 Å². The van der Waals surface area contributed by atoms with Gasteiger partial charge in [0.25, 0.3) is 5.91 Å². The van der Waals surface area contributed by atoms with Gasteiger partial charge in [0.05, 0.1) is 36.0 Å². The average molecular weight is 444 g/mol. The molecule has 1 amide bonds. The number of pyridine rings is 2. The van der Waals surface area contributed by atoms with E-state index in [1.807, 2.05) is 20.8 Å². The van der Waals surface area contributed by atoms with Gasteiger partial charge in [-0.2, -0.15) is 13.2 Å². The number of alkyl halides is 3. The first-order chi connectivity index (χ1) is 15.1. The summed E-state index contributed by atoms with van der Waals surface area (Å²) in [4.78, 5) is 23.3. The molecule has 0 aliphatic carbocycles. The number of nitrogen functional groups attached to an aromatic ring is 1. The number of carbonyl (C=O) groups is 1. The third-order valence-corrected chi connectivity index (χ3v) is 5.66. The molecule has 1 aliphatic rings. The number of carbonyl (C=O) groups excluding carboxylic acids is 1. The molecule has 4 rings (SSSR count). The number of amides is 1. The van der Waals surface area contributed by atoms with Crippen LogP contribution in [0.4, 0.5) is 19.0 Å². The van der Waals surface area contributed by atoms with Gasteiger partial charge in [0.15, 0.2) is 0 Å². The summed E-state index contributed by atoms with van der Waals surface area (Å²) in [5, 5.41) is 0.806. The molecule has 0 radical (unpaired) electrons. The number of rotatable bonds is 4. The molecule has 6 nitrogen and oxygen atoms in total. The Bertz CT molecular complexity index is 1180. The summed E-state index contributed by atoms with van der Waals surface area (Å²) in [5.41, 5.74) is 8.54. The molecule has 0 spiro atoms. The van der Waals surface area contributed by atoms with Crippen molar-refractivity contribution >= 4 is 22.6 Å². The molecule has 0 bridgehead atoms. The highest BCUT2D eigenvalue weighted by Gasteiger charge is 2.31. The Kier molecular flexibility index (Phi) is 5.54. The molecule has 9 heteroatoms. The van der Waals surface area contributed by atoms with E-state index in [0.717, 1.165) is 28.8 Å². The number of aromatic nitrogens is 2. The molecule has 3 heterocycles. The monoisotopic (exact) mass is 444 g/mol. The van der Waals surface area contributed by atoms with E-state index in [1.165, 1.54) is 6.07 Å². The quantitative estimate of drug-likeness (QED) is 0.621. The second-order valence-corrected chi connectivity index (χ2v) is 8.14. The maximum Gasteiger partial charge on any atom is 0.417 e. The summed E-state index contributed by atoms with van der Waals surface area (Å²) in [6, 6.07) is 7.28. The Labute approximate surface area is 183 Å². The van der Waals surface area contributed by atoms with E-state index < -0.39 is 11.7 Å². The van der Waals surface area contributed by atoms with Gasteiger partial charge in [-0.15, -0.1) is 0 Å². The van der Waals surface area contributed by atoms with Gasteiger partial charge in [-0.3, -0.25) is 9.78 Å². The van der Waals surface area contributed by atoms with Crippen LogP contribution in [0.1, 0.15) is 59.6 Å². The van der Waals surface area contributed by atoms with Crippen LogP contribution in [0.2, 0.25) is 0 Å². The predicted molar refractivity (Wildman–Crippen MR) is 114 cm³/mol. The zero-order valence-corrected chi connectivity index (χ0v) is 17.9. The van der Waals surface area contributed by atoms with Crippen molar-refractivity contribution in [2.45, 2.75) is 52.2 Å². The second kappa shape index (κ2) is 8.05. The molecule has 1 aliphatic heterocycles. The van der Waals surface area contributed by atoms with Crippen LogP contribution in [0.25, 0.3) is 10.9 Å². The summed E-state index contributed by atoms with van der Waals surface area (Å²) in [5.74, 6) is 0.176. The smallest absolute Gasteiger partial charge is 0.383 e. The lowest BCUT2D eigenvalue weighted by molar-refractivity contribution is -0.137. The number of anilines is 1. The van der Waals surface area contributed by atoms with E-state index in [9.17, 15) is 18.0 Å². The Morgan fingerprint density at radius 1 is 1.28 bits per heavy atom. The number of fused-ring (bicyclic) bond motifs is 3. The molecule has 0 saturated carbocycles. The van der Waals surface area contributed by atoms with Crippen molar-refractivity contribution < 1.29 is 22.7 Å². The van der Waals surface area contributed by atoms with E-state index in [-0.39, 0.29) is 24.6 Å². The van der Waals surface area contributed by atoms with Crippen LogP contribution in [0.3, 0.4) is 0 Å². The molecule has 2 N–H and O–H groups in total. The van der Waals surface area contributed by atoms with Crippen molar-refractivity contribution in [2.24, 2.45) is 0 Å². The van der Waals surface area contributed by atoms with Crippen LogP contribution in [-0.4, -0.2) is 26.8 Å². The fourth-order valence-corrected chi connectivity index (χ4v) is 3.91. The summed E-state index contributed by atoms with van der Waals surface area (Å²) in [6.07, 6.45) is -3.84. The predicted octanol–water partition coefficient (Wildman–Crippen LogP) is 4.87. The number of hydrogen-bond acceptors (Lipinski definition) is 5. The summed E-state index contributed by atoms with van der Waals surface area (Å²) >= 11 is 0. The molecule has 1 aromatic carbocycles. The van der Waals surface area contributed by atoms with Gasteiger partial charge >= 0.3 is 6.18 Å². The zero-order valence-electron chi connectivity index (χ0n) is 17.9. The highest BCUT2D eigenvalue weighted by molar-refractivity contribution is 5.99. The zero-order chi connectivity index (χ0) is 23.2. The second-order valence-electron chi connectivity index (χ2n) is 8.14. The molecule has 1 atom stereocenters. The molecular weight excluding hydrogens is 421 g/mol. The van der Waals surface area contributed by atoms with Crippen LogP contribution in [0.15, 0.2) is 36.5 Å². The third-order valence-electron chi connectivity index (χ3n) is 5.66. The minimum absolute atomic E-state index is 0.0882. The maximum atomic E-state index is 13.3. The topological polar surface area (TPSA) is 81.3 Å². The van der Waals surface area contributed by atoms with Gasteiger partial charge in [0.1, 0.15) is 5.82 Å². The van der Waals surface area contributed by atoms with Gasteiger partial charge < -0.3 is 15.4 Å². The number of nitrogens with zero attached hydrogens (tertiary/aromatic N) is 3. The Balaban J connectivity index is 1.66. The summed E-state index contributed by atoms with van der Waals surface area (Å²) < 4.78 is 44.1. The fourth-order valence-electron chi connectivity index (χ4n) is 3.91. The Hall–Kier alpha value is -3.20. The standard InChI is InChI=1S/C23H23F3N4O2/c1-12(2)30(10-16-6-5-15(9-28-16)23(24,25)26)22(31)14-4-7-19-17(8-14)18-11-32-13(3)20(18)21(27)29-19/h4-9,12-13H,10-11H2,1-3H3,(H2,27,29)/t13-/m0/s1. The number of ether oxygens (including phenoxy) is 1. The van der Waals surface area contributed by atoms with Gasteiger partial charge in [-0.1, -0.05) is 0 Å². The van der Waals surface area contributed by atoms with Gasteiger partial charge in [0.2, 0.25) is 0 Å². The SMILES string of the molecule is CC(C)N(Cc1ccc(C(F)(F)F)cn1)C(=O)c1ccc2nc(N)c3c(c2c1)CO[C@H]3C. The van der Waals surface area contributed by atoms with E-state index in [0.29, 0.717) is 29.2 Å². The normalized spacial score (nSPS) is 15.9. The van der Waals surface area contributed by atoms with Crippen molar-refractivity contribution in [1.29, 1.82) is 0 Å².